The summed E-state index contributed by atoms with van der Waals surface area (Å²) in [5, 5.41) is 4.67. The second-order valence-corrected chi connectivity index (χ2v) is 6.82. The minimum atomic E-state index is -0.115. The first-order valence-electron chi connectivity index (χ1n) is 8.87. The van der Waals surface area contributed by atoms with Crippen LogP contribution in [-0.4, -0.2) is 30.7 Å². The van der Waals surface area contributed by atoms with Crippen LogP contribution in [0.4, 0.5) is 0 Å². The topological polar surface area (TPSA) is 66.8 Å². The molecule has 1 aromatic carbocycles. The summed E-state index contributed by atoms with van der Waals surface area (Å²) in [4.78, 5) is 22.2. The lowest BCUT2D eigenvalue weighted by Gasteiger charge is -2.21. The Morgan fingerprint density at radius 1 is 1.20 bits per heavy atom. The highest BCUT2D eigenvalue weighted by Gasteiger charge is 2.29. The highest BCUT2D eigenvalue weighted by Crippen LogP contribution is 2.29. The van der Waals surface area contributed by atoms with Gasteiger partial charge in [0.15, 0.2) is 5.65 Å². The molecule has 1 saturated carbocycles. The number of aromatic nitrogens is 4. The molecule has 2 aromatic heterocycles. The monoisotopic (exact) mass is 337 g/mol. The van der Waals surface area contributed by atoms with E-state index in [1.54, 1.807) is 10.9 Å². The van der Waals surface area contributed by atoms with Crippen LogP contribution >= 0.6 is 0 Å². The standard InChI is InChI=1S/C19H23N5O/c1-3-13-4-6-14(7-5-13)11-24(15-8-9-15)12-17-21-18-16(19(25)22-17)10-20-23(18)2/h4-7,10,15H,3,8-9,11-12H2,1-2H3,(H,21,22,25). The Bertz CT molecular complexity index is 937. The number of nitrogens with one attached hydrogen (secondary N) is 1. The van der Waals surface area contributed by atoms with Crippen molar-refractivity contribution in [3.8, 4) is 0 Å². The fraction of sp³-hybridized carbons (Fsp3) is 0.421. The van der Waals surface area contributed by atoms with E-state index in [4.69, 9.17) is 0 Å². The molecule has 0 saturated heterocycles. The summed E-state index contributed by atoms with van der Waals surface area (Å²) in [6, 6.07) is 9.38. The zero-order chi connectivity index (χ0) is 17.4. The van der Waals surface area contributed by atoms with Gasteiger partial charge in [0.2, 0.25) is 0 Å². The largest absolute Gasteiger partial charge is 0.309 e. The van der Waals surface area contributed by atoms with Crippen LogP contribution in [0.5, 0.6) is 0 Å². The highest BCUT2D eigenvalue weighted by atomic mass is 16.1. The summed E-state index contributed by atoms with van der Waals surface area (Å²) in [6.07, 6.45) is 5.05. The molecule has 0 unspecified atom stereocenters. The van der Waals surface area contributed by atoms with Crippen LogP contribution in [0.15, 0.2) is 35.3 Å². The lowest BCUT2D eigenvalue weighted by molar-refractivity contribution is 0.239. The van der Waals surface area contributed by atoms with Crippen molar-refractivity contribution < 1.29 is 0 Å². The summed E-state index contributed by atoms with van der Waals surface area (Å²) < 4.78 is 1.65. The molecule has 6 nitrogen and oxygen atoms in total. The van der Waals surface area contributed by atoms with E-state index in [2.05, 4.69) is 51.2 Å². The van der Waals surface area contributed by atoms with Gasteiger partial charge < -0.3 is 4.98 Å². The predicted molar refractivity (Wildman–Crippen MR) is 97.2 cm³/mol. The Kier molecular flexibility index (Phi) is 4.13. The van der Waals surface area contributed by atoms with E-state index in [0.29, 0.717) is 29.4 Å². The van der Waals surface area contributed by atoms with Gasteiger partial charge in [0, 0.05) is 19.6 Å². The van der Waals surface area contributed by atoms with Gasteiger partial charge in [-0.15, -0.1) is 0 Å². The van der Waals surface area contributed by atoms with E-state index in [1.165, 1.54) is 24.0 Å². The molecule has 25 heavy (non-hydrogen) atoms. The fourth-order valence-corrected chi connectivity index (χ4v) is 3.21. The fourth-order valence-electron chi connectivity index (χ4n) is 3.21. The third-order valence-corrected chi connectivity index (χ3v) is 4.88. The third kappa shape index (κ3) is 3.35. The van der Waals surface area contributed by atoms with Crippen molar-refractivity contribution in [1.82, 2.24) is 24.6 Å². The zero-order valence-electron chi connectivity index (χ0n) is 14.7. The molecule has 1 aliphatic rings. The molecule has 0 radical (unpaired) electrons. The summed E-state index contributed by atoms with van der Waals surface area (Å²) in [7, 11) is 1.81. The molecule has 130 valence electrons. The lowest BCUT2D eigenvalue weighted by atomic mass is 10.1. The Balaban J connectivity index is 1.57. The van der Waals surface area contributed by atoms with Crippen LogP contribution in [0.2, 0.25) is 0 Å². The van der Waals surface area contributed by atoms with Crippen LogP contribution in [0, 0.1) is 0 Å². The van der Waals surface area contributed by atoms with Crippen molar-refractivity contribution >= 4 is 11.0 Å². The Hall–Kier alpha value is -2.47. The normalized spacial score (nSPS) is 14.5. The summed E-state index contributed by atoms with van der Waals surface area (Å²) >= 11 is 0. The smallest absolute Gasteiger partial charge is 0.262 e. The van der Waals surface area contributed by atoms with Gasteiger partial charge in [0.05, 0.1) is 12.7 Å². The van der Waals surface area contributed by atoms with Crippen LogP contribution in [0.1, 0.15) is 36.7 Å². The van der Waals surface area contributed by atoms with Gasteiger partial charge in [-0.2, -0.15) is 5.10 Å². The van der Waals surface area contributed by atoms with Gasteiger partial charge in [-0.1, -0.05) is 31.2 Å². The SMILES string of the molecule is CCc1ccc(CN(Cc2nc3c(cnn3C)c(=O)[nH]2)C2CC2)cc1. The van der Waals surface area contributed by atoms with E-state index < -0.39 is 0 Å². The van der Waals surface area contributed by atoms with Gasteiger partial charge >= 0.3 is 0 Å². The number of fused-ring (bicyclic) bond motifs is 1. The molecule has 0 amide bonds. The van der Waals surface area contributed by atoms with E-state index in [9.17, 15) is 4.79 Å². The molecule has 4 rings (SSSR count). The Labute approximate surface area is 146 Å². The average molecular weight is 337 g/mol. The molecule has 0 atom stereocenters. The molecular weight excluding hydrogens is 314 g/mol. The molecule has 0 spiro atoms. The number of H-pyrrole nitrogens is 1. The number of benzene rings is 1. The minimum Gasteiger partial charge on any atom is -0.309 e. The minimum absolute atomic E-state index is 0.115. The van der Waals surface area contributed by atoms with Gasteiger partial charge in [0.1, 0.15) is 11.2 Å². The third-order valence-electron chi connectivity index (χ3n) is 4.88. The Morgan fingerprint density at radius 3 is 2.60 bits per heavy atom. The van der Waals surface area contributed by atoms with Crippen LogP contribution in [0.3, 0.4) is 0 Å². The second kappa shape index (κ2) is 6.44. The molecule has 3 aromatic rings. The second-order valence-electron chi connectivity index (χ2n) is 6.82. The number of hydrogen-bond acceptors (Lipinski definition) is 4. The molecule has 1 N–H and O–H groups in total. The van der Waals surface area contributed by atoms with Gasteiger partial charge in [-0.05, 0) is 30.4 Å². The Morgan fingerprint density at radius 2 is 1.92 bits per heavy atom. The summed E-state index contributed by atoms with van der Waals surface area (Å²) in [5.74, 6) is 0.707. The number of aryl methyl sites for hydroxylation is 2. The summed E-state index contributed by atoms with van der Waals surface area (Å²) in [6.45, 7) is 3.69. The number of nitrogens with zero attached hydrogens (tertiary/aromatic N) is 4. The molecule has 0 bridgehead atoms. The lowest BCUT2D eigenvalue weighted by Crippen LogP contribution is -2.27. The maximum atomic E-state index is 12.2. The van der Waals surface area contributed by atoms with Crippen LogP contribution < -0.4 is 5.56 Å². The van der Waals surface area contributed by atoms with Gasteiger partial charge in [-0.3, -0.25) is 14.4 Å². The van der Waals surface area contributed by atoms with E-state index >= 15 is 0 Å². The quantitative estimate of drug-likeness (QED) is 0.750. The molecule has 1 fully saturated rings. The highest BCUT2D eigenvalue weighted by molar-refractivity contribution is 5.72. The van der Waals surface area contributed by atoms with E-state index in [0.717, 1.165) is 13.0 Å². The number of hydrogen-bond donors (Lipinski definition) is 1. The van der Waals surface area contributed by atoms with Crippen molar-refractivity contribution in [2.45, 2.75) is 45.3 Å². The van der Waals surface area contributed by atoms with Crippen molar-refractivity contribution in [3.63, 3.8) is 0 Å². The van der Waals surface area contributed by atoms with E-state index in [1.807, 2.05) is 7.05 Å². The van der Waals surface area contributed by atoms with Gasteiger partial charge in [0.25, 0.3) is 5.56 Å². The molecule has 2 heterocycles. The number of rotatable bonds is 6. The van der Waals surface area contributed by atoms with Crippen LogP contribution in [-0.2, 0) is 26.6 Å². The molecular formula is C19H23N5O. The van der Waals surface area contributed by atoms with Crippen molar-refractivity contribution in [2.24, 2.45) is 7.05 Å². The maximum Gasteiger partial charge on any atom is 0.262 e. The molecule has 6 heteroatoms. The first-order chi connectivity index (χ1) is 12.1. The van der Waals surface area contributed by atoms with Gasteiger partial charge in [-0.25, -0.2) is 4.98 Å². The molecule has 1 aliphatic carbocycles. The summed E-state index contributed by atoms with van der Waals surface area (Å²) in [5.41, 5.74) is 3.18. The number of aromatic amines is 1. The maximum absolute atomic E-state index is 12.2. The average Bonchev–Trinajstić information content (AvgIpc) is 3.39. The van der Waals surface area contributed by atoms with Crippen molar-refractivity contribution in [1.29, 1.82) is 0 Å². The zero-order valence-corrected chi connectivity index (χ0v) is 14.7. The van der Waals surface area contributed by atoms with Crippen molar-refractivity contribution in [3.05, 3.63) is 57.8 Å². The first kappa shape index (κ1) is 16.0. The molecule has 0 aliphatic heterocycles. The first-order valence-corrected chi connectivity index (χ1v) is 8.87. The van der Waals surface area contributed by atoms with E-state index in [-0.39, 0.29) is 5.56 Å². The predicted octanol–water partition coefficient (Wildman–Crippen LogP) is 2.38. The van der Waals surface area contributed by atoms with Crippen LogP contribution in [0.25, 0.3) is 11.0 Å². The van der Waals surface area contributed by atoms with Crippen molar-refractivity contribution in [2.75, 3.05) is 0 Å².